The van der Waals surface area contributed by atoms with Crippen LogP contribution in [0.2, 0.25) is 0 Å². The first-order valence-corrected chi connectivity index (χ1v) is 11.2. The zero-order chi connectivity index (χ0) is 23.5. The van der Waals surface area contributed by atoms with Crippen molar-refractivity contribution in [1.29, 1.82) is 0 Å². The van der Waals surface area contributed by atoms with Crippen LogP contribution < -0.4 is 19.7 Å². The van der Waals surface area contributed by atoms with E-state index in [-0.39, 0.29) is 24.3 Å². The van der Waals surface area contributed by atoms with Gasteiger partial charge in [0.25, 0.3) is 5.91 Å². The van der Waals surface area contributed by atoms with Crippen molar-refractivity contribution in [1.82, 2.24) is 4.90 Å². The van der Waals surface area contributed by atoms with Gasteiger partial charge in [-0.25, -0.2) is 9.18 Å². The fraction of sp³-hybridized carbons (Fsp3) is 0.231. The minimum Gasteiger partial charge on any atom is -0.486 e. The molecule has 1 fully saturated rings. The predicted octanol–water partition coefficient (Wildman–Crippen LogP) is 4.68. The second-order valence-electron chi connectivity index (χ2n) is 8.16. The molecule has 3 aromatic carbocycles. The van der Waals surface area contributed by atoms with E-state index in [1.54, 1.807) is 70.5 Å². The highest BCUT2D eigenvalue weighted by atomic mass is 19.1. The van der Waals surface area contributed by atoms with Gasteiger partial charge in [-0.15, -0.1) is 0 Å². The number of anilines is 2. The number of nitrogens with zero attached hydrogens (tertiary/aromatic N) is 2. The molecule has 0 saturated carbocycles. The first kappa shape index (κ1) is 21.8. The molecule has 2 aliphatic heterocycles. The Morgan fingerprint density at radius 3 is 2.62 bits per heavy atom. The van der Waals surface area contributed by atoms with Crippen molar-refractivity contribution < 1.29 is 23.5 Å². The van der Waals surface area contributed by atoms with Crippen LogP contribution in [0.1, 0.15) is 22.3 Å². The maximum absolute atomic E-state index is 14.1. The number of halogens is 1. The maximum Gasteiger partial charge on any atom is 0.324 e. The molecule has 0 bridgehead atoms. The Bertz CT molecular complexity index is 1230. The van der Waals surface area contributed by atoms with E-state index in [9.17, 15) is 14.0 Å². The van der Waals surface area contributed by atoms with E-state index in [4.69, 9.17) is 9.47 Å². The lowest BCUT2D eigenvalue weighted by molar-refractivity contribution is 0.102. The number of carbonyl (C=O) groups excluding carboxylic acids is 2. The number of hydrogen-bond acceptors (Lipinski definition) is 4. The molecule has 5 rings (SSSR count). The Morgan fingerprint density at radius 2 is 1.76 bits per heavy atom. The minimum atomic E-state index is -0.328. The Labute approximate surface area is 196 Å². The van der Waals surface area contributed by atoms with E-state index >= 15 is 0 Å². The highest BCUT2D eigenvalue weighted by Gasteiger charge is 2.28. The smallest absolute Gasteiger partial charge is 0.324 e. The second-order valence-corrected chi connectivity index (χ2v) is 8.16. The fourth-order valence-corrected chi connectivity index (χ4v) is 4.14. The van der Waals surface area contributed by atoms with E-state index in [1.807, 2.05) is 0 Å². The summed E-state index contributed by atoms with van der Waals surface area (Å²) in [5.41, 5.74) is 2.11. The summed E-state index contributed by atoms with van der Waals surface area (Å²) in [6.07, 6.45) is 0.744. The van der Waals surface area contributed by atoms with Crippen molar-refractivity contribution in [2.24, 2.45) is 0 Å². The van der Waals surface area contributed by atoms with Gasteiger partial charge in [-0.2, -0.15) is 0 Å². The largest absolute Gasteiger partial charge is 0.486 e. The van der Waals surface area contributed by atoms with Gasteiger partial charge in [0.1, 0.15) is 19.0 Å². The lowest BCUT2D eigenvalue weighted by Gasteiger charge is -2.36. The summed E-state index contributed by atoms with van der Waals surface area (Å²) < 4.78 is 25.2. The molecule has 0 aromatic heterocycles. The third kappa shape index (κ3) is 4.52. The van der Waals surface area contributed by atoms with Gasteiger partial charge in [0, 0.05) is 41.7 Å². The van der Waals surface area contributed by atoms with Crippen LogP contribution >= 0.6 is 0 Å². The summed E-state index contributed by atoms with van der Waals surface area (Å²) >= 11 is 0. The molecule has 3 amide bonds. The van der Waals surface area contributed by atoms with Crippen LogP contribution in [0, 0.1) is 5.82 Å². The molecule has 1 saturated heterocycles. The number of amides is 3. The van der Waals surface area contributed by atoms with Crippen molar-refractivity contribution in [2.45, 2.75) is 13.0 Å². The number of nitrogens with one attached hydrogen (secondary N) is 1. The Balaban J connectivity index is 1.30. The molecule has 0 unspecified atom stereocenters. The van der Waals surface area contributed by atoms with Crippen molar-refractivity contribution in [3.05, 3.63) is 83.7 Å². The van der Waals surface area contributed by atoms with E-state index in [0.717, 1.165) is 6.42 Å². The van der Waals surface area contributed by atoms with Crippen LogP contribution in [0.4, 0.5) is 20.6 Å². The fourth-order valence-electron chi connectivity index (χ4n) is 4.14. The Morgan fingerprint density at radius 1 is 0.941 bits per heavy atom. The number of fused-ring (bicyclic) bond motifs is 1. The molecule has 3 aromatic rings. The number of urea groups is 1. The second kappa shape index (κ2) is 9.43. The summed E-state index contributed by atoms with van der Waals surface area (Å²) in [4.78, 5) is 29.3. The SMILES string of the molecule is O=C(Nc1ccc2c(c1)OCCO2)c1cccc(N2CCCN(Cc3ccccc3F)C2=O)c1. The standard InChI is InChI=1S/C26H24FN3O4/c27-22-8-2-1-5-19(22)17-29-11-4-12-30(26(29)32)21-7-3-6-18(15-21)25(31)28-20-9-10-23-24(16-20)34-14-13-33-23/h1-3,5-10,15-16H,4,11-14,17H2,(H,28,31). The van der Waals surface area contributed by atoms with Crippen LogP contribution in [0.3, 0.4) is 0 Å². The monoisotopic (exact) mass is 461 g/mol. The van der Waals surface area contributed by atoms with Crippen LogP contribution in [-0.2, 0) is 6.54 Å². The molecule has 7 nitrogen and oxygen atoms in total. The molecule has 2 heterocycles. The topological polar surface area (TPSA) is 71.1 Å². The third-order valence-corrected chi connectivity index (χ3v) is 5.85. The number of carbonyl (C=O) groups is 2. The normalized spacial score (nSPS) is 15.3. The van der Waals surface area contributed by atoms with Gasteiger partial charge >= 0.3 is 6.03 Å². The van der Waals surface area contributed by atoms with Gasteiger partial charge in [-0.1, -0.05) is 24.3 Å². The van der Waals surface area contributed by atoms with Crippen molar-refractivity contribution >= 4 is 23.3 Å². The van der Waals surface area contributed by atoms with Gasteiger partial charge in [0.05, 0.1) is 6.54 Å². The van der Waals surface area contributed by atoms with Crippen LogP contribution in [-0.4, -0.2) is 43.1 Å². The molecular weight excluding hydrogens is 437 g/mol. The van der Waals surface area contributed by atoms with Crippen molar-refractivity contribution in [2.75, 3.05) is 36.5 Å². The van der Waals surface area contributed by atoms with Gasteiger partial charge in [0.2, 0.25) is 0 Å². The molecule has 1 N–H and O–H groups in total. The summed E-state index contributed by atoms with van der Waals surface area (Å²) in [5, 5.41) is 2.87. The summed E-state index contributed by atoms with van der Waals surface area (Å²) in [7, 11) is 0. The third-order valence-electron chi connectivity index (χ3n) is 5.85. The quantitative estimate of drug-likeness (QED) is 0.599. The van der Waals surface area contributed by atoms with E-state index in [2.05, 4.69) is 5.32 Å². The molecule has 2 aliphatic rings. The number of benzene rings is 3. The Hall–Kier alpha value is -4.07. The zero-order valence-electron chi connectivity index (χ0n) is 18.5. The molecule has 174 valence electrons. The van der Waals surface area contributed by atoms with E-state index < -0.39 is 0 Å². The van der Waals surface area contributed by atoms with Crippen LogP contribution in [0.15, 0.2) is 66.7 Å². The molecule has 0 atom stereocenters. The first-order chi connectivity index (χ1) is 16.6. The summed E-state index contributed by atoms with van der Waals surface area (Å²) in [6, 6.07) is 18.4. The highest BCUT2D eigenvalue weighted by molar-refractivity contribution is 6.05. The van der Waals surface area contributed by atoms with Gasteiger partial charge < -0.3 is 19.7 Å². The average molecular weight is 461 g/mol. The van der Waals surface area contributed by atoms with Crippen molar-refractivity contribution in [3.8, 4) is 11.5 Å². The Kier molecular flexibility index (Phi) is 6.03. The molecule has 8 heteroatoms. The summed E-state index contributed by atoms with van der Waals surface area (Å²) in [6.45, 7) is 2.24. The number of ether oxygens (including phenoxy) is 2. The molecule has 0 aliphatic carbocycles. The summed E-state index contributed by atoms with van der Waals surface area (Å²) in [5.74, 6) is 0.609. The minimum absolute atomic E-state index is 0.201. The van der Waals surface area contributed by atoms with Crippen molar-refractivity contribution in [3.63, 3.8) is 0 Å². The average Bonchev–Trinajstić information content (AvgIpc) is 2.86. The first-order valence-electron chi connectivity index (χ1n) is 11.2. The molecule has 0 spiro atoms. The highest BCUT2D eigenvalue weighted by Crippen LogP contribution is 2.33. The maximum atomic E-state index is 14.1. The zero-order valence-corrected chi connectivity index (χ0v) is 18.5. The molecule has 34 heavy (non-hydrogen) atoms. The van der Waals surface area contributed by atoms with E-state index in [0.29, 0.717) is 60.3 Å². The van der Waals surface area contributed by atoms with Gasteiger partial charge in [0.15, 0.2) is 11.5 Å². The van der Waals surface area contributed by atoms with Gasteiger partial charge in [-0.05, 0) is 42.8 Å². The lowest BCUT2D eigenvalue weighted by atomic mass is 10.1. The van der Waals surface area contributed by atoms with Crippen LogP contribution in [0.25, 0.3) is 0 Å². The predicted molar refractivity (Wildman–Crippen MR) is 126 cm³/mol. The molecular formula is C26H24FN3O4. The van der Waals surface area contributed by atoms with Crippen LogP contribution in [0.5, 0.6) is 11.5 Å². The number of hydrogen-bond donors (Lipinski definition) is 1. The lowest BCUT2D eigenvalue weighted by Crippen LogP contribution is -2.49. The van der Waals surface area contributed by atoms with E-state index in [1.165, 1.54) is 6.07 Å². The number of rotatable bonds is 5. The molecule has 0 radical (unpaired) electrons. The van der Waals surface area contributed by atoms with Gasteiger partial charge in [-0.3, -0.25) is 9.69 Å².